The maximum atomic E-state index is 13.5. The molecular formula is C28H29BrF4N2O3. The van der Waals surface area contributed by atoms with Crippen LogP contribution in [0.1, 0.15) is 61.7 Å². The maximum absolute atomic E-state index is 13.5. The van der Waals surface area contributed by atoms with E-state index in [1.165, 1.54) is 24.3 Å². The highest BCUT2D eigenvalue weighted by Crippen LogP contribution is 2.54. The average molecular weight is 597 g/mol. The third kappa shape index (κ3) is 5.09. The Hall–Kier alpha value is -2.46. The SMILES string of the molecule is O=C(NC12CCC(CN(C(=O)C3CC(O)(C(F)(F)F)C3)c3cccc(Br)c3)(CC1)CC2)c1ccc(F)cc1. The zero-order valence-corrected chi connectivity index (χ0v) is 22.2. The van der Waals surface area contributed by atoms with Crippen LogP contribution in [-0.4, -0.2) is 40.8 Å². The smallest absolute Gasteiger partial charge is 0.380 e. The lowest BCUT2D eigenvalue weighted by atomic mass is 9.57. The predicted octanol–water partition coefficient (Wildman–Crippen LogP) is 6.15. The van der Waals surface area contributed by atoms with Crippen LogP contribution >= 0.6 is 15.9 Å². The van der Waals surface area contributed by atoms with Crippen molar-refractivity contribution in [2.45, 2.75) is 68.7 Å². The van der Waals surface area contributed by atoms with Gasteiger partial charge in [0.1, 0.15) is 5.82 Å². The molecule has 2 aromatic rings. The third-order valence-corrected chi connectivity index (χ3v) is 9.30. The summed E-state index contributed by atoms with van der Waals surface area (Å²) >= 11 is 3.42. The summed E-state index contributed by atoms with van der Waals surface area (Å²) in [5.74, 6) is -1.96. The molecule has 0 spiro atoms. The molecule has 2 amide bonds. The third-order valence-electron chi connectivity index (χ3n) is 8.81. The van der Waals surface area contributed by atoms with Crippen LogP contribution in [0.25, 0.3) is 0 Å². The van der Waals surface area contributed by atoms with E-state index < -0.39 is 42.3 Å². The fraction of sp³-hybridized carbons (Fsp3) is 0.500. The number of benzene rings is 2. The summed E-state index contributed by atoms with van der Waals surface area (Å²) in [7, 11) is 0. The molecule has 5 nitrogen and oxygen atoms in total. The standard InChI is InChI=1S/C28H29BrF4N2O3/c29-20-2-1-3-22(14-20)35(24(37)19-15-27(38,16-19)28(31,32)33)17-25-8-11-26(12-9-25,13-10-25)34-23(36)18-4-6-21(30)7-5-18/h1-7,14,19,38H,8-13,15-17H2,(H,34,36). The highest BCUT2D eigenvalue weighted by molar-refractivity contribution is 9.10. The number of anilines is 1. The number of halogens is 5. The minimum atomic E-state index is -4.77. The van der Waals surface area contributed by atoms with Gasteiger partial charge in [0, 0.05) is 33.7 Å². The fourth-order valence-corrected chi connectivity index (χ4v) is 6.65. The van der Waals surface area contributed by atoms with Gasteiger partial charge in [0.15, 0.2) is 5.60 Å². The Labute approximate surface area is 226 Å². The molecule has 0 saturated heterocycles. The van der Waals surface area contributed by atoms with Crippen molar-refractivity contribution in [2.24, 2.45) is 11.3 Å². The molecule has 2 aromatic carbocycles. The van der Waals surface area contributed by atoms with Gasteiger partial charge in [-0.25, -0.2) is 4.39 Å². The van der Waals surface area contributed by atoms with Gasteiger partial charge in [-0.1, -0.05) is 22.0 Å². The van der Waals surface area contributed by atoms with Gasteiger partial charge in [0.05, 0.1) is 0 Å². The van der Waals surface area contributed by atoms with Crippen molar-refractivity contribution in [3.63, 3.8) is 0 Å². The molecule has 0 heterocycles. The highest BCUT2D eigenvalue weighted by Gasteiger charge is 2.63. The molecule has 4 saturated carbocycles. The van der Waals surface area contributed by atoms with Crippen molar-refractivity contribution in [1.29, 1.82) is 0 Å². The minimum Gasteiger partial charge on any atom is -0.380 e. The molecular weight excluding hydrogens is 568 g/mol. The van der Waals surface area contributed by atoms with E-state index in [1.54, 1.807) is 23.1 Å². The molecule has 0 aliphatic heterocycles. The normalized spacial score (nSPS) is 30.4. The Morgan fingerprint density at radius 2 is 1.61 bits per heavy atom. The molecule has 4 fully saturated rings. The van der Waals surface area contributed by atoms with Crippen LogP contribution in [0.5, 0.6) is 0 Å². The van der Waals surface area contributed by atoms with Crippen LogP contribution < -0.4 is 10.2 Å². The number of hydrogen-bond acceptors (Lipinski definition) is 3. The molecule has 10 heteroatoms. The van der Waals surface area contributed by atoms with Crippen LogP contribution in [-0.2, 0) is 4.79 Å². The molecule has 6 rings (SSSR count). The van der Waals surface area contributed by atoms with Gasteiger partial charge >= 0.3 is 6.18 Å². The molecule has 4 aliphatic carbocycles. The topological polar surface area (TPSA) is 69.6 Å². The van der Waals surface area contributed by atoms with Gasteiger partial charge in [-0.15, -0.1) is 0 Å². The van der Waals surface area contributed by atoms with Crippen LogP contribution in [0, 0.1) is 17.2 Å². The maximum Gasteiger partial charge on any atom is 0.417 e. The number of carbonyl (C=O) groups excluding carboxylic acids is 2. The minimum absolute atomic E-state index is 0.218. The molecule has 204 valence electrons. The van der Waals surface area contributed by atoms with E-state index in [4.69, 9.17) is 0 Å². The number of carbonyl (C=O) groups is 2. The van der Waals surface area contributed by atoms with Crippen LogP contribution in [0.15, 0.2) is 53.0 Å². The van der Waals surface area contributed by atoms with Crippen molar-refractivity contribution < 1.29 is 32.3 Å². The summed E-state index contributed by atoms with van der Waals surface area (Å²) in [6.45, 7) is 0.366. The van der Waals surface area contributed by atoms with Gasteiger partial charge < -0.3 is 15.3 Å². The van der Waals surface area contributed by atoms with Gasteiger partial charge in [0.25, 0.3) is 5.91 Å². The van der Waals surface area contributed by atoms with Crippen LogP contribution in [0.2, 0.25) is 0 Å². The second-order valence-electron chi connectivity index (χ2n) is 11.3. The van der Waals surface area contributed by atoms with Crippen molar-refractivity contribution in [2.75, 3.05) is 11.4 Å². The average Bonchev–Trinajstić information content (AvgIpc) is 2.86. The Kier molecular flexibility index (Phi) is 6.87. The molecule has 0 atom stereocenters. The van der Waals surface area contributed by atoms with E-state index >= 15 is 0 Å². The Balaban J connectivity index is 1.30. The van der Waals surface area contributed by atoms with Gasteiger partial charge in [-0.2, -0.15) is 13.2 Å². The number of hydrogen-bond donors (Lipinski definition) is 2. The van der Waals surface area contributed by atoms with Crippen LogP contribution in [0.4, 0.5) is 23.2 Å². The Morgan fingerprint density at radius 3 is 2.16 bits per heavy atom. The van der Waals surface area contributed by atoms with E-state index in [2.05, 4.69) is 21.2 Å². The van der Waals surface area contributed by atoms with Crippen molar-refractivity contribution in [3.8, 4) is 0 Å². The summed E-state index contributed by atoms with van der Waals surface area (Å²) < 4.78 is 53.6. The van der Waals surface area contributed by atoms with Crippen molar-refractivity contribution >= 4 is 33.4 Å². The number of rotatable bonds is 6. The van der Waals surface area contributed by atoms with E-state index in [1.807, 2.05) is 6.07 Å². The highest BCUT2D eigenvalue weighted by atomic mass is 79.9. The molecule has 0 aromatic heterocycles. The second kappa shape index (κ2) is 9.62. The lowest BCUT2D eigenvalue weighted by Crippen LogP contribution is -2.61. The molecule has 2 bridgehead atoms. The monoisotopic (exact) mass is 596 g/mol. The first-order chi connectivity index (χ1) is 17.8. The number of alkyl halides is 3. The van der Waals surface area contributed by atoms with E-state index in [-0.39, 0.29) is 16.9 Å². The molecule has 2 N–H and O–H groups in total. The summed E-state index contributed by atoms with van der Waals surface area (Å²) in [6, 6.07) is 12.6. The number of aliphatic hydroxyl groups is 1. The largest absolute Gasteiger partial charge is 0.417 e. The first-order valence-corrected chi connectivity index (χ1v) is 13.6. The summed E-state index contributed by atoms with van der Waals surface area (Å²) in [5, 5.41) is 13.1. The number of nitrogens with one attached hydrogen (secondary N) is 1. The second-order valence-corrected chi connectivity index (χ2v) is 12.2. The number of fused-ring (bicyclic) bond motifs is 3. The predicted molar refractivity (Wildman–Crippen MR) is 137 cm³/mol. The van der Waals surface area contributed by atoms with E-state index in [0.29, 0.717) is 17.8 Å². The summed E-state index contributed by atoms with van der Waals surface area (Å²) in [6.07, 6.45) is -1.61. The first-order valence-electron chi connectivity index (χ1n) is 12.8. The number of amides is 2. The van der Waals surface area contributed by atoms with Crippen molar-refractivity contribution in [3.05, 3.63) is 64.4 Å². The molecule has 0 radical (unpaired) electrons. The molecule has 0 unspecified atom stereocenters. The van der Waals surface area contributed by atoms with Crippen molar-refractivity contribution in [1.82, 2.24) is 5.32 Å². The van der Waals surface area contributed by atoms with E-state index in [0.717, 1.165) is 43.0 Å². The zero-order valence-electron chi connectivity index (χ0n) is 20.7. The van der Waals surface area contributed by atoms with Crippen LogP contribution in [0.3, 0.4) is 0 Å². The lowest BCUT2D eigenvalue weighted by Gasteiger charge is -2.55. The lowest BCUT2D eigenvalue weighted by molar-refractivity contribution is -0.295. The van der Waals surface area contributed by atoms with Gasteiger partial charge in [-0.3, -0.25) is 9.59 Å². The Morgan fingerprint density at radius 1 is 1.00 bits per heavy atom. The first kappa shape index (κ1) is 27.1. The zero-order chi connectivity index (χ0) is 27.3. The fourth-order valence-electron chi connectivity index (χ4n) is 6.26. The summed E-state index contributed by atoms with van der Waals surface area (Å²) in [5.41, 5.74) is -2.39. The molecule has 4 aliphatic rings. The summed E-state index contributed by atoms with van der Waals surface area (Å²) in [4.78, 5) is 27.9. The Bertz CT molecular complexity index is 1200. The van der Waals surface area contributed by atoms with Gasteiger partial charge in [-0.05, 0) is 99.2 Å². The van der Waals surface area contributed by atoms with E-state index in [9.17, 15) is 32.3 Å². The molecule has 38 heavy (non-hydrogen) atoms. The van der Waals surface area contributed by atoms with Gasteiger partial charge in [0.2, 0.25) is 5.91 Å². The number of nitrogens with zero attached hydrogens (tertiary/aromatic N) is 1. The quantitative estimate of drug-likeness (QED) is 0.393.